The molecule has 0 aliphatic carbocycles. The van der Waals surface area contributed by atoms with E-state index < -0.39 is 11.4 Å². The molecular formula is C19H15ClN2O4. The smallest absolute Gasteiger partial charge is 0.434 e. The van der Waals surface area contributed by atoms with Gasteiger partial charge in [0.15, 0.2) is 0 Å². The Kier molecular flexibility index (Phi) is 5.34. The monoisotopic (exact) mass is 370 g/mol. The Labute approximate surface area is 154 Å². The number of aromatic nitrogens is 2. The maximum absolute atomic E-state index is 11.7. The van der Waals surface area contributed by atoms with Crippen LogP contribution in [0.3, 0.4) is 0 Å². The number of rotatable bonds is 5. The van der Waals surface area contributed by atoms with Crippen molar-refractivity contribution in [2.24, 2.45) is 0 Å². The van der Waals surface area contributed by atoms with Gasteiger partial charge < -0.3 is 9.47 Å². The van der Waals surface area contributed by atoms with Gasteiger partial charge in [-0.25, -0.2) is 4.79 Å². The second-order valence-corrected chi connectivity index (χ2v) is 5.59. The van der Waals surface area contributed by atoms with E-state index in [-0.39, 0.29) is 12.5 Å². The zero-order chi connectivity index (χ0) is 18.5. The normalized spacial score (nSPS) is 10.4. The molecule has 0 unspecified atom stereocenters. The van der Waals surface area contributed by atoms with Crippen LogP contribution in [0.1, 0.15) is 17.3 Å². The second-order valence-electron chi connectivity index (χ2n) is 5.25. The second kappa shape index (κ2) is 7.84. The first-order chi connectivity index (χ1) is 12.6. The molecule has 0 bridgehead atoms. The molecule has 0 fully saturated rings. The molecule has 26 heavy (non-hydrogen) atoms. The van der Waals surface area contributed by atoms with Gasteiger partial charge in [0.25, 0.3) is 5.24 Å². The highest BCUT2D eigenvalue weighted by Gasteiger charge is 2.16. The summed E-state index contributed by atoms with van der Waals surface area (Å²) in [6.07, 6.45) is -0.819. The maximum Gasteiger partial charge on any atom is 0.515 e. The largest absolute Gasteiger partial charge is 0.515 e. The summed E-state index contributed by atoms with van der Waals surface area (Å²) in [5.41, 5.74) is 2.46. The van der Waals surface area contributed by atoms with E-state index in [1.54, 1.807) is 37.3 Å². The number of nitrogens with zero attached hydrogens (tertiary/aromatic N) is 2. The van der Waals surface area contributed by atoms with Crippen LogP contribution >= 0.6 is 11.6 Å². The van der Waals surface area contributed by atoms with Crippen LogP contribution in [0, 0.1) is 0 Å². The fraction of sp³-hybridized carbons (Fsp3) is 0.105. The fourth-order valence-corrected chi connectivity index (χ4v) is 2.46. The van der Waals surface area contributed by atoms with Crippen LogP contribution < -0.4 is 4.74 Å². The lowest BCUT2D eigenvalue weighted by Crippen LogP contribution is -2.13. The van der Waals surface area contributed by atoms with Gasteiger partial charge in [0, 0.05) is 17.2 Å². The molecule has 0 aliphatic heterocycles. The number of ether oxygens (including phenoxy) is 2. The molecule has 0 N–H and O–H groups in total. The van der Waals surface area contributed by atoms with Gasteiger partial charge in [-0.15, -0.1) is 0 Å². The molecule has 0 spiro atoms. The number of carbonyl (C=O) groups excluding carboxylic acids is 2. The highest BCUT2D eigenvalue weighted by atomic mass is 35.5. The highest BCUT2D eigenvalue weighted by Crippen LogP contribution is 2.27. The van der Waals surface area contributed by atoms with E-state index in [0.717, 1.165) is 5.56 Å². The molecule has 132 valence electrons. The topological polar surface area (TPSA) is 70.4 Å². The zero-order valence-electron chi connectivity index (χ0n) is 13.9. The predicted octanol–water partition coefficient (Wildman–Crippen LogP) is 4.45. The van der Waals surface area contributed by atoms with Crippen LogP contribution in [0.4, 0.5) is 4.79 Å². The van der Waals surface area contributed by atoms with Crippen molar-refractivity contribution in [3.05, 3.63) is 66.2 Å². The van der Waals surface area contributed by atoms with E-state index in [2.05, 4.69) is 5.10 Å². The standard InChI is InChI=1S/C19H15ClN2O4/c1-2-25-19(24)26-17-12-16(13-6-4-3-5-7-13)21-22(17)15-10-8-14(9-11-15)18(20)23/h3-12H,2H2,1H3. The average molecular weight is 371 g/mol. The molecule has 0 atom stereocenters. The maximum atomic E-state index is 11.7. The van der Waals surface area contributed by atoms with Crippen molar-refractivity contribution in [3.63, 3.8) is 0 Å². The van der Waals surface area contributed by atoms with Crippen molar-refractivity contribution in [3.8, 4) is 22.8 Å². The van der Waals surface area contributed by atoms with Crippen LogP contribution in [-0.4, -0.2) is 27.8 Å². The van der Waals surface area contributed by atoms with Crippen molar-refractivity contribution in [1.82, 2.24) is 9.78 Å². The molecule has 3 aromatic rings. The number of carbonyl (C=O) groups is 2. The van der Waals surface area contributed by atoms with E-state index in [0.29, 0.717) is 16.9 Å². The van der Waals surface area contributed by atoms with Crippen LogP contribution in [0.5, 0.6) is 5.88 Å². The summed E-state index contributed by atoms with van der Waals surface area (Å²) in [7, 11) is 0. The van der Waals surface area contributed by atoms with Gasteiger partial charge in [0.2, 0.25) is 5.88 Å². The molecule has 6 nitrogen and oxygen atoms in total. The lowest BCUT2D eigenvalue weighted by atomic mass is 10.2. The van der Waals surface area contributed by atoms with Crippen molar-refractivity contribution in [2.45, 2.75) is 6.92 Å². The summed E-state index contributed by atoms with van der Waals surface area (Å²) in [5, 5.41) is 3.95. The Morgan fingerprint density at radius 3 is 2.38 bits per heavy atom. The average Bonchev–Trinajstić information content (AvgIpc) is 3.06. The van der Waals surface area contributed by atoms with E-state index in [4.69, 9.17) is 21.1 Å². The van der Waals surface area contributed by atoms with Crippen molar-refractivity contribution in [1.29, 1.82) is 0 Å². The third-order valence-electron chi connectivity index (χ3n) is 3.54. The van der Waals surface area contributed by atoms with Gasteiger partial charge in [-0.2, -0.15) is 9.78 Å². The van der Waals surface area contributed by atoms with Crippen molar-refractivity contribution < 1.29 is 19.1 Å². The number of hydrogen-bond acceptors (Lipinski definition) is 5. The molecule has 3 rings (SSSR count). The molecular weight excluding hydrogens is 356 g/mol. The van der Waals surface area contributed by atoms with Gasteiger partial charge in [0.1, 0.15) is 0 Å². The minimum absolute atomic E-state index is 0.199. The quantitative estimate of drug-likeness (QED) is 0.490. The van der Waals surface area contributed by atoms with Gasteiger partial charge in [-0.1, -0.05) is 30.3 Å². The molecule has 7 heteroatoms. The first-order valence-corrected chi connectivity index (χ1v) is 8.26. The molecule has 0 saturated carbocycles. The zero-order valence-corrected chi connectivity index (χ0v) is 14.6. The van der Waals surface area contributed by atoms with Gasteiger partial charge in [-0.3, -0.25) is 4.79 Å². The fourth-order valence-electron chi connectivity index (χ4n) is 2.34. The Morgan fingerprint density at radius 2 is 1.77 bits per heavy atom. The Balaban J connectivity index is 2.02. The Morgan fingerprint density at radius 1 is 1.08 bits per heavy atom. The number of benzene rings is 2. The van der Waals surface area contributed by atoms with Gasteiger partial charge >= 0.3 is 6.16 Å². The summed E-state index contributed by atoms with van der Waals surface area (Å²) in [4.78, 5) is 23.0. The van der Waals surface area contributed by atoms with E-state index in [9.17, 15) is 9.59 Å². The predicted molar refractivity (Wildman–Crippen MR) is 96.8 cm³/mol. The first-order valence-electron chi connectivity index (χ1n) is 7.89. The summed E-state index contributed by atoms with van der Waals surface area (Å²) >= 11 is 5.47. The third kappa shape index (κ3) is 3.92. The number of halogens is 1. The Bertz CT molecular complexity index is 920. The van der Waals surface area contributed by atoms with E-state index in [1.165, 1.54) is 4.68 Å². The van der Waals surface area contributed by atoms with Gasteiger partial charge in [0.05, 0.1) is 18.0 Å². The number of hydrogen-bond donors (Lipinski definition) is 0. The van der Waals surface area contributed by atoms with Crippen molar-refractivity contribution >= 4 is 23.0 Å². The molecule has 0 amide bonds. The third-order valence-corrected chi connectivity index (χ3v) is 3.75. The van der Waals surface area contributed by atoms with Crippen LogP contribution in [0.25, 0.3) is 16.9 Å². The summed E-state index contributed by atoms with van der Waals surface area (Å²) < 4.78 is 11.6. The SMILES string of the molecule is CCOC(=O)Oc1cc(-c2ccccc2)nn1-c1ccc(C(=O)Cl)cc1. The molecule has 0 radical (unpaired) electrons. The molecule has 0 saturated heterocycles. The highest BCUT2D eigenvalue weighted by molar-refractivity contribution is 6.67. The van der Waals surface area contributed by atoms with Gasteiger partial charge in [-0.05, 0) is 42.8 Å². The van der Waals surface area contributed by atoms with E-state index >= 15 is 0 Å². The summed E-state index contributed by atoms with van der Waals surface area (Å²) in [6.45, 7) is 1.89. The lowest BCUT2D eigenvalue weighted by Gasteiger charge is -2.07. The Hall–Kier alpha value is -3.12. The molecule has 1 aromatic heterocycles. The first kappa shape index (κ1) is 17.7. The molecule has 2 aromatic carbocycles. The van der Waals surface area contributed by atoms with Crippen molar-refractivity contribution in [2.75, 3.05) is 6.61 Å². The summed E-state index contributed by atoms with van der Waals surface area (Å²) in [6, 6.07) is 17.6. The summed E-state index contributed by atoms with van der Waals surface area (Å²) in [5.74, 6) is 0.201. The minimum atomic E-state index is -0.819. The minimum Gasteiger partial charge on any atom is -0.434 e. The van der Waals surface area contributed by atoms with Crippen LogP contribution in [0.2, 0.25) is 0 Å². The van der Waals surface area contributed by atoms with E-state index in [1.807, 2.05) is 30.3 Å². The lowest BCUT2D eigenvalue weighted by molar-refractivity contribution is 0.101. The molecule has 0 aliphatic rings. The van der Waals surface area contributed by atoms with Crippen LogP contribution in [0.15, 0.2) is 60.7 Å². The molecule has 1 heterocycles. The van der Waals surface area contributed by atoms with Crippen LogP contribution in [-0.2, 0) is 4.74 Å².